The Kier molecular flexibility index (Phi) is 7.61. The third-order valence-electron chi connectivity index (χ3n) is 8.75. The van der Waals surface area contributed by atoms with Gasteiger partial charge in [0.1, 0.15) is 11.6 Å². The molecule has 0 radical (unpaired) electrons. The van der Waals surface area contributed by atoms with Crippen molar-refractivity contribution in [2.24, 2.45) is 5.41 Å². The average molecular weight is 495 g/mol. The molecule has 1 aromatic heterocycles. The molecule has 5 nitrogen and oxygen atoms in total. The minimum absolute atomic E-state index is 0.0339. The van der Waals surface area contributed by atoms with Gasteiger partial charge in [0.2, 0.25) is 11.8 Å². The minimum Gasteiger partial charge on any atom is -0.464 e. The maximum atomic E-state index is 14.7. The second-order valence-electron chi connectivity index (χ2n) is 11.2. The second kappa shape index (κ2) is 10.9. The van der Waals surface area contributed by atoms with Gasteiger partial charge in [0, 0.05) is 31.0 Å². The first-order valence-electron chi connectivity index (χ1n) is 13.9. The molecular formula is C30H39FN2O3. The van der Waals surface area contributed by atoms with Crippen molar-refractivity contribution in [2.45, 2.75) is 90.0 Å². The lowest BCUT2D eigenvalue weighted by Crippen LogP contribution is -2.47. The van der Waals surface area contributed by atoms with Gasteiger partial charge in [0.05, 0.1) is 6.26 Å². The van der Waals surface area contributed by atoms with E-state index in [0.717, 1.165) is 99.7 Å². The normalized spacial score (nSPS) is 21.5. The van der Waals surface area contributed by atoms with Crippen molar-refractivity contribution in [1.82, 2.24) is 9.80 Å². The van der Waals surface area contributed by atoms with E-state index in [-0.39, 0.29) is 23.0 Å². The fourth-order valence-electron chi connectivity index (χ4n) is 6.90. The summed E-state index contributed by atoms with van der Waals surface area (Å²) in [5, 5.41) is 0. The summed E-state index contributed by atoms with van der Waals surface area (Å²) in [7, 11) is 0. The summed E-state index contributed by atoms with van der Waals surface area (Å²) < 4.78 is 20.3. The number of fused-ring (bicyclic) bond motifs is 1. The highest BCUT2D eigenvalue weighted by Gasteiger charge is 2.44. The fraction of sp³-hybridized carbons (Fsp3) is 0.600. The second-order valence-corrected chi connectivity index (χ2v) is 11.2. The van der Waals surface area contributed by atoms with Crippen molar-refractivity contribution in [1.29, 1.82) is 0 Å². The Labute approximate surface area is 214 Å². The molecule has 2 aliphatic carbocycles. The minimum atomic E-state index is -0.115. The average Bonchev–Trinajstić information content (AvgIpc) is 3.55. The highest BCUT2D eigenvalue weighted by molar-refractivity contribution is 5.98. The molecule has 2 aromatic rings. The molecule has 194 valence electrons. The fourth-order valence-corrected chi connectivity index (χ4v) is 6.90. The zero-order valence-electron chi connectivity index (χ0n) is 21.6. The molecule has 0 N–H and O–H groups in total. The van der Waals surface area contributed by atoms with Crippen LogP contribution in [-0.2, 0) is 22.4 Å². The van der Waals surface area contributed by atoms with Crippen LogP contribution in [0.15, 0.2) is 34.9 Å². The number of piperidine rings is 1. The zero-order valence-corrected chi connectivity index (χ0v) is 21.6. The SMILES string of the molecule is CCCN(CCCCN1C(=O)CC2(CCCC2)CC1=O)[C@H]1CCc2c(F)ccc(-c3ccco3)c2C1. The van der Waals surface area contributed by atoms with Gasteiger partial charge in [-0.15, -0.1) is 0 Å². The molecule has 2 amide bonds. The number of furan rings is 1. The lowest BCUT2D eigenvalue weighted by molar-refractivity contribution is -0.153. The van der Waals surface area contributed by atoms with E-state index in [1.807, 2.05) is 18.2 Å². The highest BCUT2D eigenvalue weighted by atomic mass is 19.1. The number of carbonyl (C=O) groups is 2. The molecule has 3 aliphatic rings. The standard InChI is InChI=1S/C30H39FN2O3/c1-2-15-32(16-5-6-17-33-28(34)20-30(21-29(33)35)13-3-4-14-30)22-9-10-23-25(19-22)24(11-12-26(23)31)27-8-7-18-36-27/h7-8,11-12,18,22H,2-6,9-10,13-17,19-21H2,1H3/t22-/m0/s1. The summed E-state index contributed by atoms with van der Waals surface area (Å²) in [6, 6.07) is 7.59. The molecule has 6 heteroatoms. The quantitative estimate of drug-likeness (QED) is 0.310. The Morgan fingerprint density at radius 3 is 2.53 bits per heavy atom. The van der Waals surface area contributed by atoms with E-state index in [1.165, 1.54) is 4.90 Å². The molecule has 1 saturated heterocycles. The van der Waals surface area contributed by atoms with Gasteiger partial charge in [-0.1, -0.05) is 19.8 Å². The molecule has 5 rings (SSSR count). The van der Waals surface area contributed by atoms with E-state index in [9.17, 15) is 14.0 Å². The smallest absolute Gasteiger partial charge is 0.229 e. The van der Waals surface area contributed by atoms with E-state index >= 15 is 0 Å². The van der Waals surface area contributed by atoms with Crippen molar-refractivity contribution in [2.75, 3.05) is 19.6 Å². The maximum Gasteiger partial charge on any atom is 0.229 e. The molecule has 1 saturated carbocycles. The summed E-state index contributed by atoms with van der Waals surface area (Å²) in [5.74, 6) is 0.755. The van der Waals surface area contributed by atoms with Crippen molar-refractivity contribution in [3.8, 4) is 11.3 Å². The third-order valence-corrected chi connectivity index (χ3v) is 8.75. The third kappa shape index (κ3) is 5.15. The maximum absolute atomic E-state index is 14.7. The number of halogens is 1. The summed E-state index contributed by atoms with van der Waals surface area (Å²) in [5.41, 5.74) is 2.87. The largest absolute Gasteiger partial charge is 0.464 e. The van der Waals surface area contributed by atoms with E-state index in [4.69, 9.17) is 4.42 Å². The first kappa shape index (κ1) is 25.2. The zero-order chi connectivity index (χ0) is 25.1. The van der Waals surface area contributed by atoms with Crippen molar-refractivity contribution < 1.29 is 18.4 Å². The van der Waals surface area contributed by atoms with Gasteiger partial charge in [-0.05, 0) is 105 Å². The topological polar surface area (TPSA) is 53.8 Å². The van der Waals surface area contributed by atoms with Gasteiger partial charge in [0.25, 0.3) is 0 Å². The first-order chi connectivity index (χ1) is 17.5. The Morgan fingerprint density at radius 2 is 1.83 bits per heavy atom. The highest BCUT2D eigenvalue weighted by Crippen LogP contribution is 2.47. The van der Waals surface area contributed by atoms with Crippen LogP contribution < -0.4 is 0 Å². The summed E-state index contributed by atoms with van der Waals surface area (Å²) in [6.07, 6.45) is 12.4. The van der Waals surface area contributed by atoms with Crippen molar-refractivity contribution >= 4 is 11.8 Å². The number of carbonyl (C=O) groups excluding carboxylic acids is 2. The predicted molar refractivity (Wildman–Crippen MR) is 138 cm³/mol. The van der Waals surface area contributed by atoms with Crippen LogP contribution in [0.4, 0.5) is 4.39 Å². The molecule has 0 bridgehead atoms. The first-order valence-corrected chi connectivity index (χ1v) is 13.9. The van der Waals surface area contributed by atoms with Gasteiger partial charge in [-0.2, -0.15) is 0 Å². The van der Waals surface area contributed by atoms with Crippen LogP contribution in [0.25, 0.3) is 11.3 Å². The van der Waals surface area contributed by atoms with E-state index in [1.54, 1.807) is 12.3 Å². The summed E-state index contributed by atoms with van der Waals surface area (Å²) in [6.45, 7) is 4.66. The van der Waals surface area contributed by atoms with E-state index < -0.39 is 0 Å². The number of hydrogen-bond donors (Lipinski definition) is 0. The molecular weight excluding hydrogens is 455 g/mol. The van der Waals surface area contributed by atoms with Gasteiger partial charge in [-0.25, -0.2) is 4.39 Å². The van der Waals surface area contributed by atoms with Gasteiger partial charge < -0.3 is 9.32 Å². The molecule has 1 aromatic carbocycles. The van der Waals surface area contributed by atoms with Crippen LogP contribution in [0.2, 0.25) is 0 Å². The van der Waals surface area contributed by atoms with Crippen LogP contribution >= 0.6 is 0 Å². The van der Waals surface area contributed by atoms with Crippen LogP contribution in [0.1, 0.15) is 82.3 Å². The summed E-state index contributed by atoms with van der Waals surface area (Å²) in [4.78, 5) is 29.6. The predicted octanol–water partition coefficient (Wildman–Crippen LogP) is 6.14. The number of hydrogen-bond acceptors (Lipinski definition) is 4. The van der Waals surface area contributed by atoms with Gasteiger partial charge in [-0.3, -0.25) is 14.5 Å². The van der Waals surface area contributed by atoms with E-state index in [2.05, 4.69) is 11.8 Å². The van der Waals surface area contributed by atoms with Crippen LogP contribution in [0.5, 0.6) is 0 Å². The lowest BCUT2D eigenvalue weighted by atomic mass is 9.76. The number of amides is 2. The monoisotopic (exact) mass is 494 g/mol. The Hall–Kier alpha value is -2.47. The number of unbranched alkanes of at least 4 members (excludes halogenated alkanes) is 1. The number of likely N-dealkylation sites (tertiary alicyclic amines) is 1. The molecule has 1 aliphatic heterocycles. The van der Waals surface area contributed by atoms with Crippen LogP contribution in [0.3, 0.4) is 0 Å². The Balaban J connectivity index is 1.19. The molecule has 2 heterocycles. The van der Waals surface area contributed by atoms with E-state index in [0.29, 0.717) is 25.4 Å². The van der Waals surface area contributed by atoms with Gasteiger partial charge >= 0.3 is 0 Å². The Bertz CT molecular complexity index is 1050. The molecule has 36 heavy (non-hydrogen) atoms. The number of benzene rings is 1. The van der Waals surface area contributed by atoms with Crippen molar-refractivity contribution in [3.05, 3.63) is 47.5 Å². The van der Waals surface area contributed by atoms with Crippen molar-refractivity contribution in [3.63, 3.8) is 0 Å². The lowest BCUT2D eigenvalue weighted by Gasteiger charge is -2.38. The molecule has 1 spiro atoms. The van der Waals surface area contributed by atoms with Crippen LogP contribution in [-0.4, -0.2) is 47.3 Å². The molecule has 0 unspecified atom stereocenters. The molecule has 2 fully saturated rings. The Morgan fingerprint density at radius 1 is 1.06 bits per heavy atom. The van der Waals surface area contributed by atoms with Gasteiger partial charge in [0.15, 0.2) is 0 Å². The number of nitrogens with zero attached hydrogens (tertiary/aromatic N) is 2. The number of imide groups is 1. The number of rotatable bonds is 9. The summed E-state index contributed by atoms with van der Waals surface area (Å²) >= 11 is 0. The molecule has 1 atom stereocenters. The van der Waals surface area contributed by atoms with Crippen LogP contribution in [0, 0.1) is 11.2 Å².